The van der Waals surface area contributed by atoms with Crippen molar-refractivity contribution in [1.29, 1.82) is 0 Å². The number of sulfonamides is 1. The van der Waals surface area contributed by atoms with Crippen molar-refractivity contribution in [3.8, 4) is 0 Å². The van der Waals surface area contributed by atoms with Gasteiger partial charge in [0.1, 0.15) is 11.9 Å². The van der Waals surface area contributed by atoms with Gasteiger partial charge in [-0.25, -0.2) is 12.8 Å². The number of halogens is 1. The molecule has 29 heavy (non-hydrogen) atoms. The average Bonchev–Trinajstić information content (AvgIpc) is 2.70. The van der Waals surface area contributed by atoms with Gasteiger partial charge in [0.25, 0.3) is 0 Å². The van der Waals surface area contributed by atoms with Crippen molar-refractivity contribution >= 4 is 32.4 Å². The molecule has 0 aliphatic heterocycles. The van der Waals surface area contributed by atoms with Crippen molar-refractivity contribution in [2.24, 2.45) is 0 Å². The second-order valence-electron chi connectivity index (χ2n) is 6.82. The molecule has 0 fully saturated rings. The number of anilines is 1. The van der Waals surface area contributed by atoms with Crippen molar-refractivity contribution < 1.29 is 17.6 Å². The highest BCUT2D eigenvalue weighted by Gasteiger charge is 2.31. The van der Waals surface area contributed by atoms with Crippen LogP contribution >= 0.6 is 0 Å². The first-order valence-electron chi connectivity index (χ1n) is 9.30. The lowest BCUT2D eigenvalue weighted by atomic mass is 10.0. The van der Waals surface area contributed by atoms with Gasteiger partial charge in [0.15, 0.2) is 0 Å². The number of carbonyl (C=O) groups is 1. The Hall–Kier alpha value is -2.93. The summed E-state index contributed by atoms with van der Waals surface area (Å²) in [5.41, 5.74) is 1.19. The van der Waals surface area contributed by atoms with E-state index in [0.717, 1.165) is 26.9 Å². The third-order valence-electron chi connectivity index (χ3n) is 4.74. The number of rotatable bonds is 7. The molecule has 0 aromatic heterocycles. The maximum atomic E-state index is 13.3. The lowest BCUT2D eigenvalue weighted by Gasteiger charge is -2.30. The Balaban J connectivity index is 1.85. The molecule has 3 aromatic rings. The third-order valence-corrected chi connectivity index (χ3v) is 5.92. The van der Waals surface area contributed by atoms with Crippen LogP contribution in [0.3, 0.4) is 0 Å². The van der Waals surface area contributed by atoms with E-state index in [1.807, 2.05) is 42.5 Å². The smallest absolute Gasteiger partial charge is 0.244 e. The van der Waals surface area contributed by atoms with E-state index < -0.39 is 27.8 Å². The first kappa shape index (κ1) is 20.8. The first-order valence-corrected chi connectivity index (χ1v) is 11.2. The van der Waals surface area contributed by atoms with Gasteiger partial charge in [0.2, 0.25) is 15.9 Å². The summed E-state index contributed by atoms with van der Waals surface area (Å²) in [4.78, 5) is 12.9. The Morgan fingerprint density at radius 2 is 1.69 bits per heavy atom. The van der Waals surface area contributed by atoms with Crippen molar-refractivity contribution in [2.45, 2.75) is 25.9 Å². The number of hydrogen-bond donors (Lipinski definition) is 1. The molecule has 0 aliphatic carbocycles. The van der Waals surface area contributed by atoms with Crippen molar-refractivity contribution in [3.05, 3.63) is 78.1 Å². The van der Waals surface area contributed by atoms with Gasteiger partial charge in [-0.1, -0.05) is 49.4 Å². The molecular formula is C22H23FN2O3S. The molecule has 5 nitrogen and oxygen atoms in total. The number of hydrogen-bond acceptors (Lipinski definition) is 3. The van der Waals surface area contributed by atoms with Crippen LogP contribution in [0.2, 0.25) is 0 Å². The van der Waals surface area contributed by atoms with Gasteiger partial charge < -0.3 is 5.32 Å². The van der Waals surface area contributed by atoms with Crippen LogP contribution < -0.4 is 9.62 Å². The van der Waals surface area contributed by atoms with Gasteiger partial charge in [0, 0.05) is 6.54 Å². The summed E-state index contributed by atoms with van der Waals surface area (Å²) in [6.45, 7) is 2.02. The summed E-state index contributed by atoms with van der Waals surface area (Å²) in [6, 6.07) is 17.8. The lowest BCUT2D eigenvalue weighted by Crippen LogP contribution is -2.49. The molecule has 0 heterocycles. The number of amides is 1. The summed E-state index contributed by atoms with van der Waals surface area (Å²) >= 11 is 0. The Kier molecular flexibility index (Phi) is 6.17. The minimum absolute atomic E-state index is 0.251. The van der Waals surface area contributed by atoms with Crippen LogP contribution in [0.5, 0.6) is 0 Å². The average molecular weight is 415 g/mol. The topological polar surface area (TPSA) is 66.5 Å². The number of nitrogens with one attached hydrogen (secondary N) is 1. The molecule has 0 saturated carbocycles. The number of carbonyl (C=O) groups excluding carboxylic acids is 1. The SMILES string of the molecule is CCC(C(=O)NCc1cccc2ccccc12)N(c1ccc(F)cc1)S(C)(=O)=O. The predicted molar refractivity (Wildman–Crippen MR) is 114 cm³/mol. The van der Waals surface area contributed by atoms with Gasteiger partial charge in [-0.05, 0) is 47.0 Å². The normalized spacial score (nSPS) is 12.5. The molecule has 7 heteroatoms. The van der Waals surface area contributed by atoms with Crippen LogP contribution in [0, 0.1) is 5.82 Å². The molecule has 0 radical (unpaired) electrons. The van der Waals surface area contributed by atoms with Crippen LogP contribution in [0.1, 0.15) is 18.9 Å². The quantitative estimate of drug-likeness (QED) is 0.639. The highest BCUT2D eigenvalue weighted by atomic mass is 32.2. The minimum atomic E-state index is -3.75. The molecule has 152 valence electrons. The predicted octanol–water partition coefficient (Wildman–Crippen LogP) is 3.84. The molecular weight excluding hydrogens is 391 g/mol. The van der Waals surface area contributed by atoms with E-state index in [1.165, 1.54) is 24.3 Å². The molecule has 0 aliphatic rings. The van der Waals surface area contributed by atoms with E-state index >= 15 is 0 Å². The monoisotopic (exact) mass is 414 g/mol. The van der Waals surface area contributed by atoms with Gasteiger partial charge in [-0.3, -0.25) is 9.10 Å². The Morgan fingerprint density at radius 1 is 1.03 bits per heavy atom. The summed E-state index contributed by atoms with van der Waals surface area (Å²) in [6.07, 6.45) is 1.31. The maximum Gasteiger partial charge on any atom is 0.244 e. The highest BCUT2D eigenvalue weighted by molar-refractivity contribution is 7.92. The molecule has 0 spiro atoms. The van der Waals surface area contributed by atoms with Crippen LogP contribution in [-0.4, -0.2) is 26.6 Å². The van der Waals surface area contributed by atoms with Gasteiger partial charge >= 0.3 is 0 Å². The van der Waals surface area contributed by atoms with Crippen LogP contribution in [-0.2, 0) is 21.4 Å². The summed E-state index contributed by atoms with van der Waals surface area (Å²) in [5, 5.41) is 4.95. The lowest BCUT2D eigenvalue weighted by molar-refractivity contribution is -0.122. The first-order chi connectivity index (χ1) is 13.8. The van der Waals surface area contributed by atoms with Gasteiger partial charge in [0.05, 0.1) is 11.9 Å². The van der Waals surface area contributed by atoms with Crippen molar-refractivity contribution in [1.82, 2.24) is 5.32 Å². The molecule has 1 N–H and O–H groups in total. The minimum Gasteiger partial charge on any atom is -0.350 e. The fourth-order valence-electron chi connectivity index (χ4n) is 3.40. The van der Waals surface area contributed by atoms with Gasteiger partial charge in [-0.15, -0.1) is 0 Å². The number of benzene rings is 3. The molecule has 3 aromatic carbocycles. The van der Waals surface area contributed by atoms with E-state index in [4.69, 9.17) is 0 Å². The van der Waals surface area contributed by atoms with Crippen molar-refractivity contribution in [3.63, 3.8) is 0 Å². The zero-order valence-electron chi connectivity index (χ0n) is 16.3. The summed E-state index contributed by atoms with van der Waals surface area (Å²) < 4.78 is 39.2. The second kappa shape index (κ2) is 8.61. The molecule has 1 amide bonds. The largest absolute Gasteiger partial charge is 0.350 e. The van der Waals surface area contributed by atoms with E-state index in [0.29, 0.717) is 0 Å². The molecule has 0 bridgehead atoms. The summed E-state index contributed by atoms with van der Waals surface area (Å²) in [7, 11) is -3.75. The van der Waals surface area contributed by atoms with Crippen molar-refractivity contribution in [2.75, 3.05) is 10.6 Å². The second-order valence-corrected chi connectivity index (χ2v) is 8.67. The Bertz CT molecular complexity index is 1110. The van der Waals surface area contributed by atoms with E-state index in [1.54, 1.807) is 6.92 Å². The standard InChI is InChI=1S/C22H23FN2O3S/c1-3-21(25(29(2,27)28)19-13-11-18(23)12-14-19)22(26)24-15-17-9-6-8-16-7-4-5-10-20(16)17/h4-14,21H,3,15H2,1-2H3,(H,24,26). The van der Waals surface area contributed by atoms with Crippen LogP contribution in [0.25, 0.3) is 10.8 Å². The maximum absolute atomic E-state index is 13.3. The van der Waals surface area contributed by atoms with E-state index in [2.05, 4.69) is 5.32 Å². The zero-order valence-corrected chi connectivity index (χ0v) is 17.1. The fourth-order valence-corrected chi connectivity index (χ4v) is 4.61. The molecule has 3 rings (SSSR count). The molecule has 0 saturated heterocycles. The molecule has 1 unspecified atom stereocenters. The highest BCUT2D eigenvalue weighted by Crippen LogP contribution is 2.23. The van der Waals surface area contributed by atoms with E-state index in [-0.39, 0.29) is 18.7 Å². The van der Waals surface area contributed by atoms with Crippen LogP contribution in [0.4, 0.5) is 10.1 Å². The molecule has 1 atom stereocenters. The Labute approximate surface area is 170 Å². The van der Waals surface area contributed by atoms with E-state index in [9.17, 15) is 17.6 Å². The fraction of sp³-hybridized carbons (Fsp3) is 0.227. The Morgan fingerprint density at radius 3 is 2.34 bits per heavy atom. The van der Waals surface area contributed by atoms with Crippen LogP contribution in [0.15, 0.2) is 66.7 Å². The zero-order chi connectivity index (χ0) is 21.0. The summed E-state index contributed by atoms with van der Waals surface area (Å²) in [5.74, 6) is -0.883. The third kappa shape index (κ3) is 4.74. The number of fused-ring (bicyclic) bond motifs is 1. The number of nitrogens with zero attached hydrogens (tertiary/aromatic N) is 1. The van der Waals surface area contributed by atoms with Gasteiger partial charge in [-0.2, -0.15) is 0 Å².